The maximum Gasteiger partial charge on any atom is 0.405 e. The Morgan fingerprint density at radius 3 is 2.39 bits per heavy atom. The third kappa shape index (κ3) is 8.34. The molecule has 1 aliphatic heterocycles. The standard InChI is InChI=1S/C14H18F2N2O.C12H14F3NO/c1-10-4-5-18(8-10)13-3-2-12(7-17-13)19-9-11-6-14(11,15)16;1-8-3-5-10(6-4-8)9(2)11(17)16-7-12(13,14)15/h2-3,7,10-11H,4-6,8-9H2,1H3;3-6,9H,7H2,1-2H3,(H,16,17). The molecular formula is C26H32F5N3O2. The summed E-state index contributed by atoms with van der Waals surface area (Å²) in [6.45, 7) is 6.56. The van der Waals surface area contributed by atoms with Crippen LogP contribution in [-0.2, 0) is 4.79 Å². The van der Waals surface area contributed by atoms with E-state index in [4.69, 9.17) is 4.74 Å². The molecule has 3 unspecified atom stereocenters. The average molecular weight is 514 g/mol. The van der Waals surface area contributed by atoms with E-state index in [1.54, 1.807) is 25.3 Å². The van der Waals surface area contributed by atoms with Crippen molar-refractivity contribution in [1.29, 1.82) is 0 Å². The molecule has 1 amide bonds. The summed E-state index contributed by atoms with van der Waals surface area (Å²) in [7, 11) is 0. The maximum atomic E-state index is 12.7. The molecular weight excluding hydrogens is 481 g/mol. The van der Waals surface area contributed by atoms with Gasteiger partial charge in [-0.2, -0.15) is 13.2 Å². The Kier molecular flexibility index (Phi) is 8.79. The van der Waals surface area contributed by atoms with Crippen molar-refractivity contribution in [2.45, 2.75) is 51.6 Å². The predicted molar refractivity (Wildman–Crippen MR) is 127 cm³/mol. The molecule has 10 heteroatoms. The molecule has 1 N–H and O–H groups in total. The Morgan fingerprint density at radius 2 is 1.89 bits per heavy atom. The lowest BCUT2D eigenvalue weighted by Gasteiger charge is -2.17. The van der Waals surface area contributed by atoms with E-state index in [1.165, 1.54) is 6.42 Å². The van der Waals surface area contributed by atoms with E-state index in [2.05, 4.69) is 16.8 Å². The summed E-state index contributed by atoms with van der Waals surface area (Å²) in [4.78, 5) is 18.0. The molecule has 2 aliphatic rings. The van der Waals surface area contributed by atoms with Gasteiger partial charge in [-0.15, -0.1) is 0 Å². The second kappa shape index (κ2) is 11.4. The van der Waals surface area contributed by atoms with Crippen LogP contribution in [0.3, 0.4) is 0 Å². The zero-order chi connectivity index (χ0) is 26.5. The number of benzene rings is 1. The number of nitrogens with zero attached hydrogens (tertiary/aromatic N) is 2. The van der Waals surface area contributed by atoms with Crippen molar-refractivity contribution in [1.82, 2.24) is 10.3 Å². The molecule has 1 aliphatic carbocycles. The largest absolute Gasteiger partial charge is 0.491 e. The van der Waals surface area contributed by atoms with Gasteiger partial charge >= 0.3 is 6.18 Å². The van der Waals surface area contributed by atoms with E-state index in [1.807, 2.05) is 36.5 Å². The van der Waals surface area contributed by atoms with Gasteiger partial charge in [0.15, 0.2) is 0 Å². The Hall–Kier alpha value is -2.91. The Bertz CT molecular complexity index is 996. The first-order valence-electron chi connectivity index (χ1n) is 12.0. The van der Waals surface area contributed by atoms with Gasteiger partial charge in [-0.3, -0.25) is 4.79 Å². The number of nitrogens with one attached hydrogen (secondary N) is 1. The van der Waals surface area contributed by atoms with Crippen LogP contribution in [0.4, 0.5) is 27.8 Å². The second-order valence-corrected chi connectivity index (χ2v) is 9.63. The summed E-state index contributed by atoms with van der Waals surface area (Å²) in [5.74, 6) is -2.13. The molecule has 1 saturated carbocycles. The zero-order valence-electron chi connectivity index (χ0n) is 20.6. The molecule has 1 aromatic carbocycles. The van der Waals surface area contributed by atoms with Crippen LogP contribution in [-0.4, -0.2) is 49.2 Å². The van der Waals surface area contributed by atoms with Gasteiger partial charge in [-0.1, -0.05) is 36.8 Å². The maximum absolute atomic E-state index is 12.7. The number of halogens is 5. The zero-order valence-corrected chi connectivity index (χ0v) is 20.6. The first-order valence-corrected chi connectivity index (χ1v) is 12.0. The van der Waals surface area contributed by atoms with Crippen molar-refractivity contribution in [2.75, 3.05) is 31.1 Å². The molecule has 0 bridgehead atoms. The number of rotatable bonds is 7. The smallest absolute Gasteiger partial charge is 0.405 e. The van der Waals surface area contributed by atoms with Crippen LogP contribution in [0.1, 0.15) is 43.7 Å². The summed E-state index contributed by atoms with van der Waals surface area (Å²) < 4.78 is 66.5. The van der Waals surface area contributed by atoms with Gasteiger partial charge in [-0.25, -0.2) is 13.8 Å². The lowest BCUT2D eigenvalue weighted by molar-refractivity contribution is -0.139. The Morgan fingerprint density at radius 1 is 1.22 bits per heavy atom. The third-order valence-corrected chi connectivity index (χ3v) is 6.31. The van der Waals surface area contributed by atoms with Crippen LogP contribution in [0, 0.1) is 18.8 Å². The monoisotopic (exact) mass is 513 g/mol. The van der Waals surface area contributed by atoms with Gasteiger partial charge in [0, 0.05) is 19.5 Å². The molecule has 1 aromatic heterocycles. The molecule has 2 aromatic rings. The molecule has 3 atom stereocenters. The molecule has 198 valence electrons. The van der Waals surface area contributed by atoms with Gasteiger partial charge in [0.05, 0.1) is 24.6 Å². The van der Waals surface area contributed by atoms with E-state index in [0.29, 0.717) is 17.2 Å². The first-order chi connectivity index (χ1) is 16.8. The summed E-state index contributed by atoms with van der Waals surface area (Å²) >= 11 is 0. The number of carbonyl (C=O) groups excluding carboxylic acids is 1. The Balaban J connectivity index is 0.000000202. The third-order valence-electron chi connectivity index (χ3n) is 6.31. The van der Waals surface area contributed by atoms with Crippen LogP contribution in [0.5, 0.6) is 5.75 Å². The highest BCUT2D eigenvalue weighted by atomic mass is 19.4. The van der Waals surface area contributed by atoms with Crippen molar-refractivity contribution < 1.29 is 31.5 Å². The summed E-state index contributed by atoms with van der Waals surface area (Å²) in [5, 5.41) is 1.87. The summed E-state index contributed by atoms with van der Waals surface area (Å²) in [6, 6.07) is 10.8. The second-order valence-electron chi connectivity index (χ2n) is 9.63. The number of amides is 1. The number of hydrogen-bond donors (Lipinski definition) is 1. The Labute approximate surface area is 208 Å². The number of hydrogen-bond acceptors (Lipinski definition) is 4. The molecule has 2 heterocycles. The minimum atomic E-state index is -4.37. The number of aryl methyl sites for hydroxylation is 1. The minimum Gasteiger partial charge on any atom is -0.491 e. The molecule has 4 rings (SSSR count). The van der Waals surface area contributed by atoms with Gasteiger partial charge in [0.25, 0.3) is 5.92 Å². The summed E-state index contributed by atoms with van der Waals surface area (Å²) in [6.07, 6.45) is -1.61. The van der Waals surface area contributed by atoms with E-state index in [0.717, 1.165) is 24.5 Å². The fraction of sp³-hybridized carbons (Fsp3) is 0.538. The van der Waals surface area contributed by atoms with Gasteiger partial charge in [0.1, 0.15) is 18.1 Å². The van der Waals surface area contributed by atoms with Crippen LogP contribution in [0.25, 0.3) is 0 Å². The van der Waals surface area contributed by atoms with E-state index >= 15 is 0 Å². The van der Waals surface area contributed by atoms with Crippen molar-refractivity contribution in [3.63, 3.8) is 0 Å². The van der Waals surface area contributed by atoms with Crippen LogP contribution in [0.15, 0.2) is 42.6 Å². The fourth-order valence-electron chi connectivity index (χ4n) is 3.78. The highest BCUT2D eigenvalue weighted by Gasteiger charge is 2.57. The SMILES string of the molecule is CC1CCN(c2ccc(OCC3CC3(F)F)cn2)C1.Cc1ccc(C(C)C(=O)NCC(F)(F)F)cc1. The topological polar surface area (TPSA) is 54.5 Å². The number of carbonyl (C=O) groups is 1. The van der Waals surface area contributed by atoms with Gasteiger partial charge in [0.2, 0.25) is 5.91 Å². The van der Waals surface area contributed by atoms with E-state index < -0.39 is 36.4 Å². The van der Waals surface area contributed by atoms with Crippen LogP contribution in [0.2, 0.25) is 0 Å². The minimum absolute atomic E-state index is 0.0514. The molecule has 2 fully saturated rings. The molecule has 0 radical (unpaired) electrons. The highest BCUT2D eigenvalue weighted by Crippen LogP contribution is 2.48. The lowest BCUT2D eigenvalue weighted by Crippen LogP contribution is -2.36. The fourth-order valence-corrected chi connectivity index (χ4v) is 3.78. The number of ether oxygens (including phenoxy) is 1. The average Bonchev–Trinajstić information content (AvgIpc) is 3.20. The van der Waals surface area contributed by atoms with Crippen LogP contribution >= 0.6 is 0 Å². The van der Waals surface area contributed by atoms with Crippen molar-refractivity contribution >= 4 is 11.7 Å². The van der Waals surface area contributed by atoms with Crippen molar-refractivity contribution in [2.24, 2.45) is 11.8 Å². The lowest BCUT2D eigenvalue weighted by atomic mass is 9.99. The van der Waals surface area contributed by atoms with Crippen molar-refractivity contribution in [3.05, 3.63) is 53.7 Å². The quantitative estimate of drug-likeness (QED) is 0.480. The summed E-state index contributed by atoms with van der Waals surface area (Å²) in [5.41, 5.74) is 1.74. The normalized spacial score (nSPS) is 21.3. The predicted octanol–water partition coefficient (Wildman–Crippen LogP) is 5.74. The van der Waals surface area contributed by atoms with Gasteiger partial charge < -0.3 is 15.0 Å². The van der Waals surface area contributed by atoms with Crippen molar-refractivity contribution in [3.8, 4) is 5.75 Å². The number of anilines is 1. The molecule has 5 nitrogen and oxygen atoms in total. The van der Waals surface area contributed by atoms with E-state index in [-0.39, 0.29) is 13.0 Å². The van der Waals surface area contributed by atoms with Gasteiger partial charge in [-0.05, 0) is 43.9 Å². The molecule has 36 heavy (non-hydrogen) atoms. The molecule has 0 spiro atoms. The highest BCUT2D eigenvalue weighted by molar-refractivity contribution is 5.83. The number of pyridine rings is 1. The number of aromatic nitrogens is 1. The number of alkyl halides is 5. The first kappa shape index (κ1) is 27.7. The van der Waals surface area contributed by atoms with E-state index in [9.17, 15) is 26.7 Å². The van der Waals surface area contributed by atoms with Crippen LogP contribution < -0.4 is 15.0 Å². The molecule has 1 saturated heterocycles.